The van der Waals surface area contributed by atoms with E-state index in [4.69, 9.17) is 16.3 Å². The van der Waals surface area contributed by atoms with Gasteiger partial charge < -0.3 is 4.74 Å². The zero-order valence-corrected chi connectivity index (χ0v) is 12.3. The van der Waals surface area contributed by atoms with E-state index < -0.39 is 0 Å². The third-order valence-electron chi connectivity index (χ3n) is 2.59. The lowest BCUT2D eigenvalue weighted by molar-refractivity contribution is -0.385. The SMILES string of the molecule is CC(C)Cc1ccc(COCC(C)Cl)cc1[N+](=O)[O-]. The van der Waals surface area contributed by atoms with Gasteiger partial charge in [0.1, 0.15) is 0 Å². The Morgan fingerprint density at radius 3 is 2.58 bits per heavy atom. The first-order valence-electron chi connectivity index (χ1n) is 6.38. The Morgan fingerprint density at radius 2 is 2.05 bits per heavy atom. The summed E-state index contributed by atoms with van der Waals surface area (Å²) in [6.07, 6.45) is 0.705. The Bertz CT molecular complexity index is 433. The normalized spacial score (nSPS) is 12.7. The first-order valence-corrected chi connectivity index (χ1v) is 6.81. The number of hydrogen-bond donors (Lipinski definition) is 0. The molecule has 5 heteroatoms. The minimum atomic E-state index is -0.328. The lowest BCUT2D eigenvalue weighted by Crippen LogP contribution is -2.05. The molecule has 4 nitrogen and oxygen atoms in total. The van der Waals surface area contributed by atoms with Crippen LogP contribution < -0.4 is 0 Å². The van der Waals surface area contributed by atoms with Crippen LogP contribution in [0.2, 0.25) is 0 Å². The number of nitro benzene ring substituents is 1. The average molecular weight is 286 g/mol. The molecule has 0 aliphatic rings. The van der Waals surface area contributed by atoms with Crippen molar-refractivity contribution in [3.8, 4) is 0 Å². The lowest BCUT2D eigenvalue weighted by atomic mass is 10.00. The number of alkyl halides is 1. The van der Waals surface area contributed by atoms with Gasteiger partial charge in [0.05, 0.1) is 23.5 Å². The predicted molar refractivity (Wildman–Crippen MR) is 76.6 cm³/mol. The fourth-order valence-electron chi connectivity index (χ4n) is 1.82. The Morgan fingerprint density at radius 1 is 1.37 bits per heavy atom. The number of ether oxygens (including phenoxy) is 1. The van der Waals surface area contributed by atoms with Gasteiger partial charge in [-0.1, -0.05) is 26.0 Å². The zero-order chi connectivity index (χ0) is 14.4. The summed E-state index contributed by atoms with van der Waals surface area (Å²) in [4.78, 5) is 10.8. The molecule has 106 valence electrons. The standard InChI is InChI=1S/C14H20ClNO3/c1-10(2)6-13-5-4-12(7-14(13)16(17)18)9-19-8-11(3)15/h4-5,7,10-11H,6,8-9H2,1-3H3. The fourth-order valence-corrected chi connectivity index (χ4v) is 1.91. The molecule has 0 radical (unpaired) electrons. The van der Waals surface area contributed by atoms with Crippen LogP contribution in [0.5, 0.6) is 0 Å². The quantitative estimate of drug-likeness (QED) is 0.433. The molecular weight excluding hydrogens is 266 g/mol. The van der Waals surface area contributed by atoms with Crippen molar-refractivity contribution < 1.29 is 9.66 Å². The Hall–Kier alpha value is -1.13. The van der Waals surface area contributed by atoms with E-state index in [1.165, 1.54) is 0 Å². The molecule has 0 fully saturated rings. The highest BCUT2D eigenvalue weighted by Crippen LogP contribution is 2.23. The van der Waals surface area contributed by atoms with Crippen LogP contribution in [0.3, 0.4) is 0 Å². The molecule has 0 aliphatic carbocycles. The fraction of sp³-hybridized carbons (Fsp3) is 0.571. The molecule has 0 amide bonds. The summed E-state index contributed by atoms with van der Waals surface area (Å²) in [5.41, 5.74) is 1.75. The third kappa shape index (κ3) is 5.57. The van der Waals surface area contributed by atoms with Gasteiger partial charge in [0.15, 0.2) is 0 Å². The van der Waals surface area contributed by atoms with E-state index in [0.29, 0.717) is 25.6 Å². The van der Waals surface area contributed by atoms with Crippen LogP contribution in [0.1, 0.15) is 31.9 Å². The predicted octanol–water partition coefficient (Wildman–Crippen LogP) is 3.94. The summed E-state index contributed by atoms with van der Waals surface area (Å²) in [7, 11) is 0. The van der Waals surface area contributed by atoms with E-state index in [-0.39, 0.29) is 16.0 Å². The van der Waals surface area contributed by atoms with E-state index in [1.807, 2.05) is 32.9 Å². The van der Waals surface area contributed by atoms with Gasteiger partial charge in [0, 0.05) is 11.6 Å². The van der Waals surface area contributed by atoms with Crippen LogP contribution >= 0.6 is 11.6 Å². The third-order valence-corrected chi connectivity index (χ3v) is 2.72. The highest BCUT2D eigenvalue weighted by Gasteiger charge is 2.15. The minimum Gasteiger partial charge on any atom is -0.375 e. The van der Waals surface area contributed by atoms with Crippen molar-refractivity contribution in [1.82, 2.24) is 0 Å². The number of nitrogens with zero attached hydrogens (tertiary/aromatic N) is 1. The van der Waals surface area contributed by atoms with Gasteiger partial charge in [0.25, 0.3) is 5.69 Å². The molecule has 1 unspecified atom stereocenters. The first-order chi connectivity index (χ1) is 8.90. The largest absolute Gasteiger partial charge is 0.375 e. The van der Waals surface area contributed by atoms with Crippen molar-refractivity contribution in [3.05, 3.63) is 39.4 Å². The van der Waals surface area contributed by atoms with Crippen LogP contribution in [0, 0.1) is 16.0 Å². The molecule has 1 aromatic rings. The molecule has 19 heavy (non-hydrogen) atoms. The van der Waals surface area contributed by atoms with Crippen LogP contribution in [0.25, 0.3) is 0 Å². The second kappa shape index (κ2) is 7.46. The van der Waals surface area contributed by atoms with Gasteiger partial charge >= 0.3 is 0 Å². The lowest BCUT2D eigenvalue weighted by Gasteiger charge is -2.09. The number of hydrogen-bond acceptors (Lipinski definition) is 3. The second-order valence-corrected chi connectivity index (χ2v) is 5.86. The van der Waals surface area contributed by atoms with Gasteiger partial charge in [-0.2, -0.15) is 0 Å². The molecule has 0 saturated heterocycles. The summed E-state index contributed by atoms with van der Waals surface area (Å²) in [5.74, 6) is 0.387. The second-order valence-electron chi connectivity index (χ2n) is 5.11. The van der Waals surface area contributed by atoms with Crippen molar-refractivity contribution in [2.24, 2.45) is 5.92 Å². The van der Waals surface area contributed by atoms with Gasteiger partial charge in [-0.25, -0.2) is 0 Å². The monoisotopic (exact) mass is 285 g/mol. The van der Waals surface area contributed by atoms with Crippen LogP contribution in [0.4, 0.5) is 5.69 Å². The van der Waals surface area contributed by atoms with Crippen molar-refractivity contribution in [2.45, 2.75) is 39.2 Å². The summed E-state index contributed by atoms with van der Waals surface area (Å²) in [5, 5.41) is 11.0. The van der Waals surface area contributed by atoms with Gasteiger partial charge in [-0.05, 0) is 24.8 Å². The summed E-state index contributed by atoms with van der Waals surface area (Å²) in [6.45, 7) is 6.71. The van der Waals surface area contributed by atoms with E-state index >= 15 is 0 Å². The van der Waals surface area contributed by atoms with E-state index in [0.717, 1.165) is 11.1 Å². The number of halogens is 1. The highest BCUT2D eigenvalue weighted by molar-refractivity contribution is 6.20. The van der Waals surface area contributed by atoms with Crippen LogP contribution in [-0.4, -0.2) is 16.9 Å². The van der Waals surface area contributed by atoms with E-state index in [9.17, 15) is 10.1 Å². The summed E-state index contributed by atoms with van der Waals surface area (Å²) < 4.78 is 5.38. The molecule has 0 N–H and O–H groups in total. The summed E-state index contributed by atoms with van der Waals surface area (Å²) >= 11 is 5.77. The van der Waals surface area contributed by atoms with Crippen LogP contribution in [-0.2, 0) is 17.8 Å². The minimum absolute atomic E-state index is 0.0600. The zero-order valence-electron chi connectivity index (χ0n) is 11.6. The highest BCUT2D eigenvalue weighted by atomic mass is 35.5. The van der Waals surface area contributed by atoms with E-state index in [2.05, 4.69) is 0 Å². The maximum Gasteiger partial charge on any atom is 0.272 e. The number of rotatable bonds is 7. The molecule has 0 spiro atoms. The van der Waals surface area contributed by atoms with Gasteiger partial charge in [0.2, 0.25) is 0 Å². The number of nitro groups is 1. The van der Waals surface area contributed by atoms with Gasteiger partial charge in [-0.3, -0.25) is 10.1 Å². The molecule has 1 rings (SSSR count). The first kappa shape index (κ1) is 15.9. The average Bonchev–Trinajstić information content (AvgIpc) is 2.29. The number of benzene rings is 1. The molecule has 1 atom stereocenters. The Labute approximate surface area is 118 Å². The molecule has 0 aliphatic heterocycles. The van der Waals surface area contributed by atoms with Crippen molar-refractivity contribution in [3.63, 3.8) is 0 Å². The van der Waals surface area contributed by atoms with Crippen molar-refractivity contribution in [1.29, 1.82) is 0 Å². The molecule has 0 saturated carbocycles. The molecule has 0 heterocycles. The molecule has 0 bridgehead atoms. The molecular formula is C14H20ClNO3. The van der Waals surface area contributed by atoms with Gasteiger partial charge in [-0.15, -0.1) is 11.6 Å². The van der Waals surface area contributed by atoms with Crippen molar-refractivity contribution in [2.75, 3.05) is 6.61 Å². The topological polar surface area (TPSA) is 52.4 Å². The molecule has 0 aromatic heterocycles. The Kier molecular flexibility index (Phi) is 6.25. The smallest absolute Gasteiger partial charge is 0.272 e. The maximum atomic E-state index is 11.1. The Balaban J connectivity index is 2.81. The van der Waals surface area contributed by atoms with Crippen molar-refractivity contribution >= 4 is 17.3 Å². The summed E-state index contributed by atoms with van der Waals surface area (Å²) in [6, 6.07) is 5.29. The van der Waals surface area contributed by atoms with Crippen LogP contribution in [0.15, 0.2) is 18.2 Å². The van der Waals surface area contributed by atoms with E-state index in [1.54, 1.807) is 6.07 Å². The molecule has 1 aromatic carbocycles. The maximum absolute atomic E-state index is 11.1.